The van der Waals surface area contributed by atoms with Gasteiger partial charge in [-0.3, -0.25) is 0 Å². The van der Waals surface area contributed by atoms with E-state index in [2.05, 4.69) is 34.0 Å². The summed E-state index contributed by atoms with van der Waals surface area (Å²) in [5.41, 5.74) is 1.12. The maximum absolute atomic E-state index is 5.62. The fourth-order valence-electron chi connectivity index (χ4n) is 2.05. The molecule has 0 aliphatic carbocycles. The first-order valence-corrected chi connectivity index (χ1v) is 6.67. The zero-order valence-electron chi connectivity index (χ0n) is 11.2. The van der Waals surface area contributed by atoms with Crippen molar-refractivity contribution in [2.45, 2.75) is 32.9 Å². The van der Waals surface area contributed by atoms with Gasteiger partial charge in [0.15, 0.2) is 0 Å². The first-order chi connectivity index (χ1) is 8.79. The monoisotopic (exact) mass is 250 g/mol. The summed E-state index contributed by atoms with van der Waals surface area (Å²) in [6.45, 7) is 8.64. The Hall–Kier alpha value is -1.20. The Balaban J connectivity index is 1.99. The molecule has 100 valence electrons. The first-order valence-electron chi connectivity index (χ1n) is 6.67. The standard InChI is InChI=1S/C13H22N4O/c1-3-14-7-12-8-15-13(16-9-12)17-5-4-6-18-11(2)10-17/h8-9,11,14H,3-7,10H2,1-2H3. The van der Waals surface area contributed by atoms with Gasteiger partial charge in [0.2, 0.25) is 5.95 Å². The molecule has 1 aliphatic heterocycles. The molecule has 1 saturated heterocycles. The Morgan fingerprint density at radius 3 is 2.94 bits per heavy atom. The molecule has 2 rings (SSSR count). The lowest BCUT2D eigenvalue weighted by molar-refractivity contribution is 0.0820. The van der Waals surface area contributed by atoms with Gasteiger partial charge < -0.3 is 15.0 Å². The average Bonchev–Trinajstić information content (AvgIpc) is 2.62. The van der Waals surface area contributed by atoms with Crippen molar-refractivity contribution in [3.05, 3.63) is 18.0 Å². The molecule has 1 aliphatic rings. The van der Waals surface area contributed by atoms with Crippen molar-refractivity contribution >= 4 is 5.95 Å². The normalized spacial score (nSPS) is 20.8. The van der Waals surface area contributed by atoms with Crippen molar-refractivity contribution in [1.29, 1.82) is 0 Å². The molecule has 1 aromatic rings. The number of hydrogen-bond acceptors (Lipinski definition) is 5. The highest BCUT2D eigenvalue weighted by Crippen LogP contribution is 2.12. The van der Waals surface area contributed by atoms with Crippen LogP contribution in [0.3, 0.4) is 0 Å². The van der Waals surface area contributed by atoms with E-state index in [1.165, 1.54) is 0 Å². The van der Waals surface area contributed by atoms with E-state index in [4.69, 9.17) is 4.74 Å². The Kier molecular flexibility index (Phi) is 4.90. The van der Waals surface area contributed by atoms with Crippen LogP contribution in [0.2, 0.25) is 0 Å². The lowest BCUT2D eigenvalue weighted by Gasteiger charge is -2.21. The number of nitrogens with one attached hydrogen (secondary N) is 1. The molecule has 5 nitrogen and oxygen atoms in total. The Morgan fingerprint density at radius 1 is 1.44 bits per heavy atom. The summed E-state index contributed by atoms with van der Waals surface area (Å²) in [4.78, 5) is 11.1. The lowest BCUT2D eigenvalue weighted by Crippen LogP contribution is -2.31. The Morgan fingerprint density at radius 2 is 2.22 bits per heavy atom. The summed E-state index contributed by atoms with van der Waals surface area (Å²) in [7, 11) is 0. The summed E-state index contributed by atoms with van der Waals surface area (Å²) < 4.78 is 5.62. The van der Waals surface area contributed by atoms with Crippen LogP contribution in [0, 0.1) is 0 Å². The van der Waals surface area contributed by atoms with Crippen molar-refractivity contribution in [2.75, 3.05) is 31.1 Å². The van der Waals surface area contributed by atoms with Gasteiger partial charge in [0, 0.05) is 44.2 Å². The van der Waals surface area contributed by atoms with E-state index >= 15 is 0 Å². The Bertz CT molecular complexity index is 355. The van der Waals surface area contributed by atoms with E-state index in [1.54, 1.807) is 0 Å². The van der Waals surface area contributed by atoms with E-state index in [0.717, 1.165) is 50.7 Å². The summed E-state index contributed by atoms with van der Waals surface area (Å²) in [5, 5.41) is 3.27. The molecule has 1 atom stereocenters. The highest BCUT2D eigenvalue weighted by atomic mass is 16.5. The number of ether oxygens (including phenoxy) is 1. The van der Waals surface area contributed by atoms with Gasteiger partial charge in [-0.1, -0.05) is 6.92 Å². The van der Waals surface area contributed by atoms with Gasteiger partial charge >= 0.3 is 0 Å². The molecular formula is C13H22N4O. The molecule has 5 heteroatoms. The molecule has 1 aromatic heterocycles. The van der Waals surface area contributed by atoms with Gasteiger partial charge in [-0.2, -0.15) is 0 Å². The highest BCUT2D eigenvalue weighted by Gasteiger charge is 2.17. The minimum Gasteiger partial charge on any atom is -0.377 e. The second-order valence-electron chi connectivity index (χ2n) is 4.65. The van der Waals surface area contributed by atoms with Crippen LogP contribution in [0.4, 0.5) is 5.95 Å². The van der Waals surface area contributed by atoms with Crippen LogP contribution in [-0.2, 0) is 11.3 Å². The molecule has 1 unspecified atom stereocenters. The number of nitrogens with zero attached hydrogens (tertiary/aromatic N) is 3. The summed E-state index contributed by atoms with van der Waals surface area (Å²) in [6.07, 6.45) is 5.09. The van der Waals surface area contributed by atoms with E-state index < -0.39 is 0 Å². The molecule has 1 fully saturated rings. The maximum Gasteiger partial charge on any atom is 0.225 e. The number of hydrogen-bond donors (Lipinski definition) is 1. The molecule has 0 aromatic carbocycles. The van der Waals surface area contributed by atoms with Crippen molar-refractivity contribution in [1.82, 2.24) is 15.3 Å². The molecule has 0 radical (unpaired) electrons. The predicted molar refractivity (Wildman–Crippen MR) is 71.7 cm³/mol. The smallest absolute Gasteiger partial charge is 0.225 e. The maximum atomic E-state index is 5.62. The van der Waals surface area contributed by atoms with Gasteiger partial charge in [-0.05, 0) is 19.9 Å². The molecule has 18 heavy (non-hydrogen) atoms. The zero-order valence-corrected chi connectivity index (χ0v) is 11.2. The summed E-state index contributed by atoms with van der Waals surface area (Å²) >= 11 is 0. The largest absolute Gasteiger partial charge is 0.377 e. The van der Waals surface area contributed by atoms with Crippen LogP contribution in [0.15, 0.2) is 12.4 Å². The minimum atomic E-state index is 0.248. The third kappa shape index (κ3) is 3.65. The predicted octanol–water partition coefficient (Wildman–Crippen LogP) is 1.20. The molecule has 2 heterocycles. The van der Waals surface area contributed by atoms with E-state index in [0.29, 0.717) is 0 Å². The lowest BCUT2D eigenvalue weighted by atomic mass is 10.3. The van der Waals surface area contributed by atoms with Crippen LogP contribution in [0.1, 0.15) is 25.8 Å². The van der Waals surface area contributed by atoms with E-state index in [-0.39, 0.29) is 6.10 Å². The SMILES string of the molecule is CCNCc1cnc(N2CCCOC(C)C2)nc1. The molecule has 0 saturated carbocycles. The topological polar surface area (TPSA) is 50.3 Å². The second kappa shape index (κ2) is 6.66. The molecular weight excluding hydrogens is 228 g/mol. The first kappa shape index (κ1) is 13.2. The summed E-state index contributed by atoms with van der Waals surface area (Å²) in [6, 6.07) is 0. The fraction of sp³-hybridized carbons (Fsp3) is 0.692. The van der Waals surface area contributed by atoms with Crippen molar-refractivity contribution < 1.29 is 4.74 Å². The number of aromatic nitrogens is 2. The quantitative estimate of drug-likeness (QED) is 0.870. The van der Waals surface area contributed by atoms with Crippen molar-refractivity contribution in [3.8, 4) is 0 Å². The van der Waals surface area contributed by atoms with Crippen LogP contribution in [-0.4, -0.2) is 42.3 Å². The van der Waals surface area contributed by atoms with Crippen LogP contribution in [0.5, 0.6) is 0 Å². The Labute approximate surface area is 109 Å². The van der Waals surface area contributed by atoms with Gasteiger partial charge in [-0.25, -0.2) is 9.97 Å². The second-order valence-corrected chi connectivity index (χ2v) is 4.65. The third-order valence-corrected chi connectivity index (χ3v) is 3.01. The molecule has 0 spiro atoms. The van der Waals surface area contributed by atoms with Gasteiger partial charge in [0.25, 0.3) is 0 Å². The zero-order chi connectivity index (χ0) is 12.8. The van der Waals surface area contributed by atoms with Crippen molar-refractivity contribution in [3.63, 3.8) is 0 Å². The molecule has 0 bridgehead atoms. The minimum absolute atomic E-state index is 0.248. The van der Waals surface area contributed by atoms with Crippen molar-refractivity contribution in [2.24, 2.45) is 0 Å². The van der Waals surface area contributed by atoms with Gasteiger partial charge in [0.1, 0.15) is 0 Å². The van der Waals surface area contributed by atoms with Crippen LogP contribution >= 0.6 is 0 Å². The number of anilines is 1. The summed E-state index contributed by atoms with van der Waals surface area (Å²) in [5.74, 6) is 0.813. The van der Waals surface area contributed by atoms with Gasteiger partial charge in [0.05, 0.1) is 6.10 Å². The van der Waals surface area contributed by atoms with Crippen LogP contribution in [0.25, 0.3) is 0 Å². The fourth-order valence-corrected chi connectivity index (χ4v) is 2.05. The van der Waals surface area contributed by atoms with E-state index in [1.807, 2.05) is 12.4 Å². The molecule has 0 amide bonds. The third-order valence-electron chi connectivity index (χ3n) is 3.01. The highest BCUT2D eigenvalue weighted by molar-refractivity contribution is 5.30. The number of rotatable bonds is 4. The molecule has 1 N–H and O–H groups in total. The van der Waals surface area contributed by atoms with Gasteiger partial charge in [-0.15, -0.1) is 0 Å². The average molecular weight is 250 g/mol. The van der Waals surface area contributed by atoms with E-state index in [9.17, 15) is 0 Å². The van der Waals surface area contributed by atoms with Crippen LogP contribution < -0.4 is 10.2 Å².